The summed E-state index contributed by atoms with van der Waals surface area (Å²) in [6, 6.07) is 1.28. The molecule has 7 heteroatoms. The van der Waals surface area contributed by atoms with Crippen LogP contribution in [0.25, 0.3) is 10.6 Å². The van der Waals surface area contributed by atoms with Crippen molar-refractivity contribution in [2.24, 2.45) is 0 Å². The number of aromatic nitrogens is 2. The van der Waals surface area contributed by atoms with E-state index in [-0.39, 0.29) is 16.6 Å². The minimum absolute atomic E-state index is 0.00202. The molecule has 0 saturated heterocycles. The second-order valence-electron chi connectivity index (χ2n) is 4.21. The summed E-state index contributed by atoms with van der Waals surface area (Å²) in [6.45, 7) is 4.70. The Hall–Kier alpha value is -1.47. The van der Waals surface area contributed by atoms with Gasteiger partial charge in [0.1, 0.15) is 22.5 Å². The molecule has 0 fully saturated rings. The molecule has 0 bridgehead atoms. The lowest BCUT2D eigenvalue weighted by atomic mass is 10.2. The van der Waals surface area contributed by atoms with E-state index >= 15 is 0 Å². The van der Waals surface area contributed by atoms with E-state index in [9.17, 15) is 13.2 Å². The highest BCUT2D eigenvalue weighted by Gasteiger charge is 2.20. The fourth-order valence-corrected chi connectivity index (χ4v) is 2.93. The van der Waals surface area contributed by atoms with Crippen LogP contribution in [0.15, 0.2) is 12.1 Å². The summed E-state index contributed by atoms with van der Waals surface area (Å²) >= 11 is 1.11. The third-order valence-electron chi connectivity index (χ3n) is 2.82. The predicted octanol–water partition coefficient (Wildman–Crippen LogP) is 3.68. The molecule has 0 saturated carbocycles. The first kappa shape index (κ1) is 14.9. The smallest absolute Gasteiger partial charge is 0.153 e. The molecule has 20 heavy (non-hydrogen) atoms. The summed E-state index contributed by atoms with van der Waals surface area (Å²) in [4.78, 5) is 0. The molecule has 3 nitrogen and oxygen atoms in total. The molecule has 0 spiro atoms. The van der Waals surface area contributed by atoms with Crippen LogP contribution < -0.4 is 5.32 Å². The lowest BCUT2D eigenvalue weighted by Gasteiger charge is -2.11. The molecule has 2 rings (SSSR count). The summed E-state index contributed by atoms with van der Waals surface area (Å²) in [5.74, 6) is -2.89. The van der Waals surface area contributed by atoms with E-state index < -0.39 is 17.5 Å². The fraction of sp³-hybridized carbons (Fsp3) is 0.385. The van der Waals surface area contributed by atoms with Gasteiger partial charge in [0.15, 0.2) is 5.01 Å². The van der Waals surface area contributed by atoms with Crippen molar-refractivity contribution in [1.29, 1.82) is 0 Å². The van der Waals surface area contributed by atoms with Gasteiger partial charge in [0.05, 0.1) is 11.6 Å². The lowest BCUT2D eigenvalue weighted by Crippen LogP contribution is -2.19. The number of hydrogen-bond acceptors (Lipinski definition) is 4. The van der Waals surface area contributed by atoms with Gasteiger partial charge in [-0.05, 0) is 13.0 Å². The first-order chi connectivity index (χ1) is 9.56. The zero-order valence-electron chi connectivity index (χ0n) is 11.1. The molecule has 1 heterocycles. The van der Waals surface area contributed by atoms with E-state index in [1.807, 2.05) is 13.8 Å². The van der Waals surface area contributed by atoms with Crippen LogP contribution in [0.1, 0.15) is 31.3 Å². The van der Waals surface area contributed by atoms with Crippen molar-refractivity contribution in [2.75, 3.05) is 6.54 Å². The molecule has 1 atom stereocenters. The van der Waals surface area contributed by atoms with Crippen LogP contribution in [0, 0.1) is 17.5 Å². The zero-order chi connectivity index (χ0) is 14.7. The van der Waals surface area contributed by atoms with Crippen molar-refractivity contribution in [2.45, 2.75) is 26.3 Å². The maximum Gasteiger partial charge on any atom is 0.153 e. The second kappa shape index (κ2) is 6.32. The molecular weight excluding hydrogens is 287 g/mol. The van der Waals surface area contributed by atoms with Gasteiger partial charge in [-0.3, -0.25) is 0 Å². The first-order valence-corrected chi connectivity index (χ1v) is 7.10. The van der Waals surface area contributed by atoms with Gasteiger partial charge in [0.2, 0.25) is 0 Å². The van der Waals surface area contributed by atoms with E-state index in [2.05, 4.69) is 15.5 Å². The van der Waals surface area contributed by atoms with Gasteiger partial charge < -0.3 is 5.32 Å². The monoisotopic (exact) mass is 301 g/mol. The van der Waals surface area contributed by atoms with Crippen LogP contribution in [0.4, 0.5) is 13.2 Å². The van der Waals surface area contributed by atoms with Crippen LogP contribution in [0.3, 0.4) is 0 Å². The third-order valence-corrected chi connectivity index (χ3v) is 3.87. The first-order valence-electron chi connectivity index (χ1n) is 6.28. The number of rotatable bonds is 5. The molecule has 2 aromatic rings. The molecule has 0 aliphatic carbocycles. The third kappa shape index (κ3) is 2.99. The standard InChI is InChI=1S/C13H14F3N3S/c1-3-10(17-4-2)12-18-19-13(20-12)11-8(15)5-7(14)6-9(11)16/h5-6,10,17H,3-4H2,1-2H3. The maximum absolute atomic E-state index is 13.7. The second-order valence-corrected chi connectivity index (χ2v) is 5.22. The van der Waals surface area contributed by atoms with Gasteiger partial charge in [-0.25, -0.2) is 13.2 Å². The molecule has 0 aliphatic heterocycles. The van der Waals surface area contributed by atoms with Gasteiger partial charge in [0.25, 0.3) is 0 Å². The molecule has 0 radical (unpaired) electrons. The van der Waals surface area contributed by atoms with Crippen LogP contribution in [0.5, 0.6) is 0 Å². The Balaban J connectivity index is 2.38. The highest BCUT2D eigenvalue weighted by molar-refractivity contribution is 7.14. The Kier molecular flexibility index (Phi) is 4.72. The molecule has 1 N–H and O–H groups in total. The molecular formula is C13H14F3N3S. The summed E-state index contributed by atoms with van der Waals surface area (Å²) in [5, 5.41) is 11.8. The fourth-order valence-electron chi connectivity index (χ4n) is 1.88. The average Bonchev–Trinajstić information content (AvgIpc) is 2.84. The molecule has 0 aliphatic rings. The van der Waals surface area contributed by atoms with Gasteiger partial charge in [-0.15, -0.1) is 10.2 Å². The number of nitrogens with one attached hydrogen (secondary N) is 1. The maximum atomic E-state index is 13.7. The Morgan fingerprint density at radius 1 is 1.15 bits per heavy atom. The van der Waals surface area contributed by atoms with E-state index in [4.69, 9.17) is 0 Å². The largest absolute Gasteiger partial charge is 0.308 e. The van der Waals surface area contributed by atoms with Gasteiger partial charge in [0, 0.05) is 12.1 Å². The van der Waals surface area contributed by atoms with E-state index in [0.29, 0.717) is 17.1 Å². The Morgan fingerprint density at radius 3 is 2.35 bits per heavy atom. The number of halogens is 3. The predicted molar refractivity (Wildman–Crippen MR) is 71.9 cm³/mol. The van der Waals surface area contributed by atoms with E-state index in [1.165, 1.54) is 0 Å². The Labute approximate surface area is 118 Å². The average molecular weight is 301 g/mol. The molecule has 1 aromatic carbocycles. The molecule has 108 valence electrons. The zero-order valence-corrected chi connectivity index (χ0v) is 11.9. The van der Waals surface area contributed by atoms with Crippen LogP contribution >= 0.6 is 11.3 Å². The van der Waals surface area contributed by atoms with Crippen molar-refractivity contribution < 1.29 is 13.2 Å². The van der Waals surface area contributed by atoms with Crippen LogP contribution in [-0.2, 0) is 0 Å². The highest BCUT2D eigenvalue weighted by Crippen LogP contribution is 2.32. The number of nitrogens with zero attached hydrogens (tertiary/aromatic N) is 2. The normalized spacial score (nSPS) is 12.7. The van der Waals surface area contributed by atoms with E-state index in [1.54, 1.807) is 0 Å². The van der Waals surface area contributed by atoms with Gasteiger partial charge >= 0.3 is 0 Å². The quantitative estimate of drug-likeness (QED) is 0.915. The van der Waals surface area contributed by atoms with Gasteiger partial charge in [-0.1, -0.05) is 25.2 Å². The number of benzene rings is 1. The molecule has 1 unspecified atom stereocenters. The SMILES string of the molecule is CCNC(CC)c1nnc(-c2c(F)cc(F)cc2F)s1. The minimum Gasteiger partial charge on any atom is -0.308 e. The molecule has 1 aromatic heterocycles. The summed E-state index contributed by atoms with van der Waals surface area (Å²) in [7, 11) is 0. The van der Waals surface area contributed by atoms with E-state index in [0.717, 1.165) is 24.3 Å². The topological polar surface area (TPSA) is 37.8 Å². The van der Waals surface area contributed by atoms with Gasteiger partial charge in [-0.2, -0.15) is 0 Å². The van der Waals surface area contributed by atoms with Crippen molar-refractivity contribution in [3.63, 3.8) is 0 Å². The number of hydrogen-bond donors (Lipinski definition) is 1. The Morgan fingerprint density at radius 2 is 1.80 bits per heavy atom. The molecule has 0 amide bonds. The summed E-state index contributed by atoms with van der Waals surface area (Å²) in [5.41, 5.74) is -0.332. The van der Waals surface area contributed by atoms with Crippen molar-refractivity contribution in [3.8, 4) is 10.6 Å². The van der Waals surface area contributed by atoms with Crippen molar-refractivity contribution in [1.82, 2.24) is 15.5 Å². The van der Waals surface area contributed by atoms with Crippen LogP contribution in [-0.4, -0.2) is 16.7 Å². The lowest BCUT2D eigenvalue weighted by molar-refractivity contribution is 0.531. The Bertz CT molecular complexity index is 577. The highest BCUT2D eigenvalue weighted by atomic mass is 32.1. The van der Waals surface area contributed by atoms with Crippen molar-refractivity contribution >= 4 is 11.3 Å². The van der Waals surface area contributed by atoms with Crippen LogP contribution in [0.2, 0.25) is 0 Å². The van der Waals surface area contributed by atoms with Crippen molar-refractivity contribution in [3.05, 3.63) is 34.6 Å². The minimum atomic E-state index is -0.971. The summed E-state index contributed by atoms with van der Waals surface area (Å²) in [6.07, 6.45) is 0.789. The summed E-state index contributed by atoms with van der Waals surface area (Å²) < 4.78 is 40.3.